The van der Waals surface area contributed by atoms with Crippen molar-refractivity contribution in [2.75, 3.05) is 0 Å². The first-order chi connectivity index (χ1) is 15.0. The quantitative estimate of drug-likeness (QED) is 0.458. The average molecular weight is 432 g/mol. The van der Waals surface area contributed by atoms with Crippen molar-refractivity contribution >= 4 is 10.0 Å². The zero-order chi connectivity index (χ0) is 21.7. The Hall–Kier alpha value is -3.55. The Balaban J connectivity index is 1.44. The van der Waals surface area contributed by atoms with Gasteiger partial charge in [-0.15, -0.1) is 0 Å². The van der Waals surface area contributed by atoms with E-state index in [1.165, 1.54) is 12.1 Å². The van der Waals surface area contributed by atoms with Crippen LogP contribution in [0, 0.1) is 6.92 Å². The molecule has 2 aromatic heterocycles. The fourth-order valence-electron chi connectivity index (χ4n) is 3.00. The number of nitrogens with one attached hydrogen (secondary N) is 1. The Morgan fingerprint density at radius 1 is 0.935 bits per heavy atom. The van der Waals surface area contributed by atoms with Crippen molar-refractivity contribution in [2.45, 2.75) is 18.4 Å². The maximum atomic E-state index is 12.7. The van der Waals surface area contributed by atoms with E-state index in [1.54, 1.807) is 36.8 Å². The van der Waals surface area contributed by atoms with Crippen LogP contribution in [0.4, 0.5) is 0 Å². The summed E-state index contributed by atoms with van der Waals surface area (Å²) in [6.45, 7) is 2.11. The summed E-state index contributed by atoms with van der Waals surface area (Å²) in [5.74, 6) is 1.31. The number of ether oxygens (including phenoxy) is 1. The van der Waals surface area contributed by atoms with Gasteiger partial charge in [0.25, 0.3) is 0 Å². The van der Waals surface area contributed by atoms with Crippen molar-refractivity contribution in [1.82, 2.24) is 14.7 Å². The van der Waals surface area contributed by atoms with Gasteiger partial charge in [-0.3, -0.25) is 9.97 Å². The average Bonchev–Trinajstić information content (AvgIpc) is 2.80. The van der Waals surface area contributed by atoms with E-state index in [1.807, 2.05) is 49.4 Å². The van der Waals surface area contributed by atoms with E-state index < -0.39 is 10.0 Å². The third-order valence-corrected chi connectivity index (χ3v) is 6.12. The second-order valence-electron chi connectivity index (χ2n) is 6.95. The van der Waals surface area contributed by atoms with Gasteiger partial charge in [0.1, 0.15) is 11.5 Å². The van der Waals surface area contributed by atoms with Gasteiger partial charge in [-0.1, -0.05) is 18.2 Å². The lowest BCUT2D eigenvalue weighted by Gasteiger charge is -2.10. The molecule has 0 saturated carbocycles. The maximum absolute atomic E-state index is 12.7. The largest absolute Gasteiger partial charge is 0.457 e. The molecule has 2 heterocycles. The first kappa shape index (κ1) is 20.7. The van der Waals surface area contributed by atoms with E-state index in [-0.39, 0.29) is 11.4 Å². The summed E-state index contributed by atoms with van der Waals surface area (Å²) in [5, 5.41) is 0. The SMILES string of the molecule is Cc1ccccc1Oc1ccc(S(=O)(=O)NCc2ccnc(-c3cccnc3)c2)cc1. The molecule has 7 heteroatoms. The van der Waals surface area contributed by atoms with Gasteiger partial charge in [-0.25, -0.2) is 13.1 Å². The van der Waals surface area contributed by atoms with Crippen LogP contribution >= 0.6 is 0 Å². The molecular formula is C24H21N3O3S. The van der Waals surface area contributed by atoms with Crippen molar-refractivity contribution in [2.24, 2.45) is 0 Å². The molecule has 0 amide bonds. The molecule has 0 aliphatic rings. The topological polar surface area (TPSA) is 81.2 Å². The van der Waals surface area contributed by atoms with E-state index in [4.69, 9.17) is 4.74 Å². The minimum atomic E-state index is -3.67. The molecule has 0 unspecified atom stereocenters. The van der Waals surface area contributed by atoms with Gasteiger partial charge >= 0.3 is 0 Å². The van der Waals surface area contributed by atoms with Gasteiger partial charge in [-0.2, -0.15) is 0 Å². The number of benzene rings is 2. The highest BCUT2D eigenvalue weighted by Crippen LogP contribution is 2.25. The number of nitrogens with zero attached hydrogens (tertiary/aromatic N) is 2. The first-order valence-corrected chi connectivity index (χ1v) is 11.2. The summed E-state index contributed by atoms with van der Waals surface area (Å²) in [4.78, 5) is 8.60. The number of sulfonamides is 1. The van der Waals surface area contributed by atoms with Crippen molar-refractivity contribution in [3.05, 3.63) is 103 Å². The molecular weight excluding hydrogens is 410 g/mol. The van der Waals surface area contributed by atoms with Crippen LogP contribution in [0.1, 0.15) is 11.1 Å². The van der Waals surface area contributed by atoms with E-state index in [9.17, 15) is 8.42 Å². The Morgan fingerprint density at radius 3 is 2.48 bits per heavy atom. The molecule has 6 nitrogen and oxygen atoms in total. The highest BCUT2D eigenvalue weighted by atomic mass is 32.2. The van der Waals surface area contributed by atoms with Crippen LogP contribution in [0.3, 0.4) is 0 Å². The normalized spacial score (nSPS) is 11.3. The van der Waals surface area contributed by atoms with Crippen LogP contribution in [-0.4, -0.2) is 18.4 Å². The predicted octanol–water partition coefficient (Wildman–Crippen LogP) is 4.72. The van der Waals surface area contributed by atoms with Crippen LogP contribution in [0.15, 0.2) is 96.3 Å². The first-order valence-electron chi connectivity index (χ1n) is 9.70. The van der Waals surface area contributed by atoms with Gasteiger partial charge in [0, 0.05) is 30.7 Å². The van der Waals surface area contributed by atoms with Crippen LogP contribution in [0.5, 0.6) is 11.5 Å². The lowest BCUT2D eigenvalue weighted by Crippen LogP contribution is -2.23. The minimum absolute atomic E-state index is 0.152. The molecule has 0 aliphatic heterocycles. The third kappa shape index (κ3) is 5.14. The van der Waals surface area contributed by atoms with Crippen molar-refractivity contribution in [1.29, 1.82) is 0 Å². The molecule has 0 atom stereocenters. The fourth-order valence-corrected chi connectivity index (χ4v) is 4.02. The Kier molecular flexibility index (Phi) is 6.06. The molecule has 156 valence electrons. The fraction of sp³-hybridized carbons (Fsp3) is 0.0833. The second kappa shape index (κ2) is 9.07. The number of hydrogen-bond donors (Lipinski definition) is 1. The zero-order valence-corrected chi connectivity index (χ0v) is 17.7. The van der Waals surface area contributed by atoms with E-state index in [0.717, 1.165) is 28.1 Å². The summed E-state index contributed by atoms with van der Waals surface area (Å²) in [6.07, 6.45) is 5.07. The number of aryl methyl sites for hydroxylation is 1. The number of para-hydroxylation sites is 1. The molecule has 4 aromatic rings. The molecule has 1 N–H and O–H groups in total. The molecule has 4 rings (SSSR count). The molecule has 0 aliphatic carbocycles. The number of aromatic nitrogens is 2. The van der Waals surface area contributed by atoms with E-state index in [0.29, 0.717) is 5.75 Å². The lowest BCUT2D eigenvalue weighted by atomic mass is 10.1. The predicted molar refractivity (Wildman–Crippen MR) is 119 cm³/mol. The van der Waals surface area contributed by atoms with Crippen LogP contribution in [0.25, 0.3) is 11.3 Å². The molecule has 0 radical (unpaired) electrons. The van der Waals surface area contributed by atoms with Crippen LogP contribution in [0.2, 0.25) is 0 Å². The van der Waals surface area contributed by atoms with Gasteiger partial charge in [0.05, 0.1) is 10.6 Å². The summed E-state index contributed by atoms with van der Waals surface area (Å²) < 4.78 is 33.9. The maximum Gasteiger partial charge on any atom is 0.240 e. The van der Waals surface area contributed by atoms with Gasteiger partial charge in [0.2, 0.25) is 10.0 Å². The molecule has 0 fully saturated rings. The standard InChI is InChI=1S/C24H21N3O3S/c1-18-5-2-3-7-24(18)30-21-8-10-22(11-9-21)31(28,29)27-16-19-12-14-26-23(15-19)20-6-4-13-25-17-20/h2-15,17,27H,16H2,1H3. The Labute approximate surface area is 181 Å². The Morgan fingerprint density at radius 2 is 1.74 bits per heavy atom. The summed E-state index contributed by atoms with van der Waals surface area (Å²) in [6, 6.07) is 21.4. The van der Waals surface area contributed by atoms with Crippen LogP contribution < -0.4 is 9.46 Å². The van der Waals surface area contributed by atoms with Gasteiger partial charge < -0.3 is 4.74 Å². The monoisotopic (exact) mass is 431 g/mol. The molecule has 0 bridgehead atoms. The minimum Gasteiger partial charge on any atom is -0.457 e. The summed E-state index contributed by atoms with van der Waals surface area (Å²) in [7, 11) is -3.67. The van der Waals surface area contributed by atoms with Crippen molar-refractivity contribution in [3.8, 4) is 22.8 Å². The lowest BCUT2D eigenvalue weighted by molar-refractivity contribution is 0.478. The summed E-state index contributed by atoms with van der Waals surface area (Å²) >= 11 is 0. The number of hydrogen-bond acceptors (Lipinski definition) is 5. The smallest absolute Gasteiger partial charge is 0.240 e. The highest BCUT2D eigenvalue weighted by Gasteiger charge is 2.14. The molecule has 0 saturated heterocycles. The molecule has 0 spiro atoms. The van der Waals surface area contributed by atoms with E-state index >= 15 is 0 Å². The number of rotatable bonds is 7. The van der Waals surface area contributed by atoms with Gasteiger partial charge in [0.15, 0.2) is 0 Å². The van der Waals surface area contributed by atoms with Crippen LogP contribution in [-0.2, 0) is 16.6 Å². The molecule has 31 heavy (non-hydrogen) atoms. The van der Waals surface area contributed by atoms with Crippen molar-refractivity contribution < 1.29 is 13.2 Å². The van der Waals surface area contributed by atoms with Gasteiger partial charge in [-0.05, 0) is 72.6 Å². The van der Waals surface area contributed by atoms with E-state index in [2.05, 4.69) is 14.7 Å². The summed E-state index contributed by atoms with van der Waals surface area (Å²) in [5.41, 5.74) is 3.42. The highest BCUT2D eigenvalue weighted by molar-refractivity contribution is 7.89. The number of pyridine rings is 2. The Bertz CT molecular complexity index is 1270. The second-order valence-corrected chi connectivity index (χ2v) is 8.72. The van der Waals surface area contributed by atoms with Crippen molar-refractivity contribution in [3.63, 3.8) is 0 Å². The third-order valence-electron chi connectivity index (χ3n) is 4.70. The molecule has 2 aromatic carbocycles. The zero-order valence-electron chi connectivity index (χ0n) is 16.9.